The number of aromatic nitrogens is 2. The fourth-order valence-electron chi connectivity index (χ4n) is 3.42. The minimum atomic E-state index is -0.250. The minimum Gasteiger partial charge on any atom is -0.483 e. The second-order valence-electron chi connectivity index (χ2n) is 6.61. The maximum absolute atomic E-state index is 12.0. The van der Waals surface area contributed by atoms with Gasteiger partial charge in [0.15, 0.2) is 0 Å². The Bertz CT molecular complexity index is 578. The molecule has 1 aromatic heterocycles. The number of carbonyl (C=O) groups excluding carboxylic acids is 2. The summed E-state index contributed by atoms with van der Waals surface area (Å²) in [6, 6.07) is 0. The van der Waals surface area contributed by atoms with Gasteiger partial charge in [-0.3, -0.25) is 19.3 Å². The van der Waals surface area contributed by atoms with Crippen molar-refractivity contribution in [2.45, 2.75) is 32.2 Å². The van der Waals surface area contributed by atoms with E-state index in [9.17, 15) is 9.59 Å². The number of nitrogens with one attached hydrogen (secondary N) is 2. The number of rotatable bonds is 6. The molecule has 0 saturated carbocycles. The van der Waals surface area contributed by atoms with E-state index in [0.29, 0.717) is 25.4 Å². The first kappa shape index (κ1) is 19.9. The van der Waals surface area contributed by atoms with Gasteiger partial charge < -0.3 is 20.3 Å². The molecule has 0 aromatic carbocycles. The molecule has 2 saturated heterocycles. The molecule has 2 aliphatic rings. The fourth-order valence-corrected chi connectivity index (χ4v) is 3.42. The van der Waals surface area contributed by atoms with Crippen molar-refractivity contribution in [3.05, 3.63) is 18.2 Å². The average Bonchev–Trinajstić information content (AvgIpc) is 3.27. The molecule has 0 spiro atoms. The Labute approximate surface area is 152 Å². The van der Waals surface area contributed by atoms with Crippen LogP contribution in [0.25, 0.3) is 0 Å². The maximum atomic E-state index is 12.0. The molecule has 0 aliphatic carbocycles. The van der Waals surface area contributed by atoms with Crippen LogP contribution in [0.1, 0.15) is 31.5 Å². The molecule has 3 rings (SSSR count). The Morgan fingerprint density at radius 2 is 2.23 bits per heavy atom. The maximum Gasteiger partial charge on any atom is 0.290 e. The zero-order valence-corrected chi connectivity index (χ0v) is 14.9. The van der Waals surface area contributed by atoms with Crippen LogP contribution in [0.3, 0.4) is 0 Å². The number of piperidine rings is 1. The number of imidazole rings is 1. The number of carbonyl (C=O) groups is 3. The molecule has 3 N–H and O–H groups in total. The minimum absolute atomic E-state index is 0.0385. The molecule has 1 atom stereocenters. The Morgan fingerprint density at radius 1 is 1.42 bits per heavy atom. The molecule has 9 heteroatoms. The second kappa shape index (κ2) is 10.5. The lowest BCUT2D eigenvalue weighted by Crippen LogP contribution is -2.43. The molecule has 2 aliphatic heterocycles. The Kier molecular flexibility index (Phi) is 8.07. The molecule has 26 heavy (non-hydrogen) atoms. The Morgan fingerprint density at radius 3 is 2.88 bits per heavy atom. The lowest BCUT2D eigenvalue weighted by Gasteiger charge is -2.32. The van der Waals surface area contributed by atoms with Crippen LogP contribution in [0.4, 0.5) is 0 Å². The molecule has 9 nitrogen and oxygen atoms in total. The van der Waals surface area contributed by atoms with Crippen molar-refractivity contribution >= 4 is 18.3 Å². The van der Waals surface area contributed by atoms with E-state index < -0.39 is 0 Å². The standard InChI is InChI=1S/C16H25N5O2.CH2O2/c22-15(12-21-8-2-4-16(21)23)19-9-13-3-1-7-20(10-13)11-14-17-5-6-18-14;2-1-3/h5-6,13H,1-4,7-12H2,(H,17,18)(H,19,22);1H,(H,2,3). The van der Waals surface area contributed by atoms with E-state index in [1.165, 1.54) is 0 Å². The topological polar surface area (TPSA) is 119 Å². The SMILES string of the molecule is O=C(CN1CCCC1=O)NCC1CCCN(Cc2ncc[nH]2)C1.O=CO. The number of hydrogen-bond acceptors (Lipinski definition) is 5. The van der Waals surface area contributed by atoms with Crippen molar-refractivity contribution in [2.24, 2.45) is 5.92 Å². The summed E-state index contributed by atoms with van der Waals surface area (Å²) in [4.78, 5) is 43.3. The summed E-state index contributed by atoms with van der Waals surface area (Å²) in [5.74, 6) is 1.52. The third-order valence-corrected chi connectivity index (χ3v) is 4.63. The van der Waals surface area contributed by atoms with Crippen LogP contribution in [0.15, 0.2) is 12.4 Å². The highest BCUT2D eigenvalue weighted by Crippen LogP contribution is 2.17. The molecule has 0 bridgehead atoms. The average molecular weight is 365 g/mol. The first-order valence-electron chi connectivity index (χ1n) is 8.95. The lowest BCUT2D eigenvalue weighted by atomic mass is 9.98. The summed E-state index contributed by atoms with van der Waals surface area (Å²) < 4.78 is 0. The highest BCUT2D eigenvalue weighted by Gasteiger charge is 2.24. The van der Waals surface area contributed by atoms with Crippen LogP contribution in [-0.2, 0) is 20.9 Å². The summed E-state index contributed by atoms with van der Waals surface area (Å²) >= 11 is 0. The molecule has 3 heterocycles. The van der Waals surface area contributed by atoms with Crippen molar-refractivity contribution < 1.29 is 19.5 Å². The van der Waals surface area contributed by atoms with Crippen molar-refractivity contribution in [3.8, 4) is 0 Å². The number of hydrogen-bond donors (Lipinski definition) is 3. The number of amides is 2. The van der Waals surface area contributed by atoms with Gasteiger partial charge in [0, 0.05) is 38.4 Å². The van der Waals surface area contributed by atoms with Gasteiger partial charge in [0.2, 0.25) is 11.8 Å². The van der Waals surface area contributed by atoms with E-state index in [2.05, 4.69) is 20.2 Å². The van der Waals surface area contributed by atoms with Crippen LogP contribution in [-0.4, -0.2) is 75.9 Å². The molecular weight excluding hydrogens is 338 g/mol. The number of nitrogens with zero attached hydrogens (tertiary/aromatic N) is 3. The highest BCUT2D eigenvalue weighted by molar-refractivity contribution is 5.85. The molecule has 1 aromatic rings. The first-order chi connectivity index (χ1) is 12.6. The molecule has 2 amide bonds. The first-order valence-corrected chi connectivity index (χ1v) is 8.95. The van der Waals surface area contributed by atoms with Crippen LogP contribution >= 0.6 is 0 Å². The van der Waals surface area contributed by atoms with Crippen LogP contribution in [0, 0.1) is 5.92 Å². The molecule has 2 fully saturated rings. The summed E-state index contributed by atoms with van der Waals surface area (Å²) in [7, 11) is 0. The van der Waals surface area contributed by atoms with Crippen molar-refractivity contribution in [1.82, 2.24) is 25.1 Å². The normalized spacial score (nSPS) is 20.4. The zero-order valence-electron chi connectivity index (χ0n) is 14.9. The van der Waals surface area contributed by atoms with E-state index in [0.717, 1.165) is 44.7 Å². The van der Waals surface area contributed by atoms with E-state index >= 15 is 0 Å². The lowest BCUT2D eigenvalue weighted by molar-refractivity contribution is -0.133. The molecule has 144 valence electrons. The van der Waals surface area contributed by atoms with Crippen LogP contribution < -0.4 is 5.32 Å². The van der Waals surface area contributed by atoms with E-state index in [-0.39, 0.29) is 24.8 Å². The van der Waals surface area contributed by atoms with Gasteiger partial charge in [-0.05, 0) is 31.7 Å². The zero-order chi connectivity index (χ0) is 18.8. The van der Waals surface area contributed by atoms with Gasteiger partial charge >= 0.3 is 0 Å². The van der Waals surface area contributed by atoms with Gasteiger partial charge in [0.05, 0.1) is 13.1 Å². The Hall–Kier alpha value is -2.42. The van der Waals surface area contributed by atoms with E-state index in [1.54, 1.807) is 11.1 Å². The quantitative estimate of drug-likeness (QED) is 0.614. The van der Waals surface area contributed by atoms with Gasteiger partial charge in [0.25, 0.3) is 6.47 Å². The van der Waals surface area contributed by atoms with Gasteiger partial charge in [-0.2, -0.15) is 0 Å². The molecule has 0 radical (unpaired) electrons. The number of likely N-dealkylation sites (tertiary alicyclic amines) is 2. The van der Waals surface area contributed by atoms with Crippen molar-refractivity contribution in [2.75, 3.05) is 32.7 Å². The van der Waals surface area contributed by atoms with Gasteiger partial charge in [-0.1, -0.05) is 0 Å². The van der Waals surface area contributed by atoms with E-state index in [4.69, 9.17) is 9.90 Å². The monoisotopic (exact) mass is 365 g/mol. The smallest absolute Gasteiger partial charge is 0.290 e. The summed E-state index contributed by atoms with van der Waals surface area (Å²) in [6.45, 7) is 4.25. The van der Waals surface area contributed by atoms with E-state index in [1.807, 2.05) is 6.20 Å². The predicted molar refractivity (Wildman–Crippen MR) is 94.1 cm³/mol. The fraction of sp³-hybridized carbons (Fsp3) is 0.647. The van der Waals surface area contributed by atoms with Crippen molar-refractivity contribution in [1.29, 1.82) is 0 Å². The third-order valence-electron chi connectivity index (χ3n) is 4.63. The van der Waals surface area contributed by atoms with Crippen LogP contribution in [0.2, 0.25) is 0 Å². The molecule has 1 unspecified atom stereocenters. The second-order valence-corrected chi connectivity index (χ2v) is 6.61. The van der Waals surface area contributed by atoms with Gasteiger partial charge in [-0.25, -0.2) is 4.98 Å². The predicted octanol–water partition coefficient (Wildman–Crippen LogP) is 0.0611. The number of H-pyrrole nitrogens is 1. The number of carboxylic acid groups (broad SMARTS) is 1. The summed E-state index contributed by atoms with van der Waals surface area (Å²) in [5.41, 5.74) is 0. The Balaban J connectivity index is 0.000000758. The highest BCUT2D eigenvalue weighted by atomic mass is 16.3. The number of aromatic amines is 1. The van der Waals surface area contributed by atoms with Crippen LogP contribution in [0.5, 0.6) is 0 Å². The van der Waals surface area contributed by atoms with Gasteiger partial charge in [-0.15, -0.1) is 0 Å². The molecular formula is C17H27N5O4. The third kappa shape index (κ3) is 6.47. The summed E-state index contributed by atoms with van der Waals surface area (Å²) in [6.07, 6.45) is 7.35. The largest absolute Gasteiger partial charge is 0.483 e. The van der Waals surface area contributed by atoms with Gasteiger partial charge in [0.1, 0.15) is 5.82 Å². The summed E-state index contributed by atoms with van der Waals surface area (Å²) in [5, 5.41) is 9.89. The van der Waals surface area contributed by atoms with Crippen molar-refractivity contribution in [3.63, 3.8) is 0 Å².